The standard InChI is InChI=1S/C25H20N4O6/c1-34-22-11-7-19(8-12-22)27-24(30)16-35-23-9-5-17(6-10-23)13-18(15-26)25(31)28-20-3-2-4-21(14-20)29(32)33/h2-14H,16H2,1H3,(H,27,30)(H,28,31). The molecule has 0 aliphatic rings. The van der Waals surface area contributed by atoms with Gasteiger partial charge in [-0.15, -0.1) is 0 Å². The summed E-state index contributed by atoms with van der Waals surface area (Å²) in [5.74, 6) is 0.0494. The Bertz CT molecular complexity index is 1290. The first kappa shape index (κ1) is 24.5. The minimum atomic E-state index is -0.705. The van der Waals surface area contributed by atoms with Crippen molar-refractivity contribution in [2.45, 2.75) is 0 Å². The first-order chi connectivity index (χ1) is 16.9. The maximum Gasteiger partial charge on any atom is 0.271 e. The number of nitro benzene ring substituents is 1. The fourth-order valence-electron chi connectivity index (χ4n) is 2.89. The first-order valence-corrected chi connectivity index (χ1v) is 10.2. The van der Waals surface area contributed by atoms with Gasteiger partial charge in [-0.05, 0) is 54.1 Å². The summed E-state index contributed by atoms with van der Waals surface area (Å²) in [6, 6.07) is 20.5. The quantitative estimate of drug-likeness (QED) is 0.206. The van der Waals surface area contributed by atoms with Crippen LogP contribution in [-0.4, -0.2) is 30.5 Å². The second-order valence-electron chi connectivity index (χ2n) is 7.07. The van der Waals surface area contributed by atoms with Crippen LogP contribution in [-0.2, 0) is 9.59 Å². The first-order valence-electron chi connectivity index (χ1n) is 10.2. The van der Waals surface area contributed by atoms with Gasteiger partial charge < -0.3 is 20.1 Å². The average Bonchev–Trinajstić information content (AvgIpc) is 2.87. The summed E-state index contributed by atoms with van der Waals surface area (Å²) in [6.07, 6.45) is 1.37. The van der Waals surface area contributed by atoms with E-state index in [-0.39, 0.29) is 29.5 Å². The third-order valence-corrected chi connectivity index (χ3v) is 4.61. The lowest BCUT2D eigenvalue weighted by atomic mass is 10.1. The molecule has 3 aromatic rings. The number of benzene rings is 3. The number of hydrogen-bond acceptors (Lipinski definition) is 7. The number of anilines is 2. The molecule has 176 valence electrons. The smallest absolute Gasteiger partial charge is 0.271 e. The van der Waals surface area contributed by atoms with Crippen molar-refractivity contribution < 1.29 is 24.0 Å². The summed E-state index contributed by atoms with van der Waals surface area (Å²) in [6.45, 7) is -0.212. The number of non-ortho nitro benzene ring substituents is 1. The van der Waals surface area contributed by atoms with Gasteiger partial charge in [-0.3, -0.25) is 19.7 Å². The number of nitrogens with zero attached hydrogens (tertiary/aromatic N) is 2. The van der Waals surface area contributed by atoms with E-state index in [2.05, 4.69) is 10.6 Å². The van der Waals surface area contributed by atoms with Crippen LogP contribution in [0, 0.1) is 21.4 Å². The summed E-state index contributed by atoms with van der Waals surface area (Å²) < 4.78 is 10.5. The largest absolute Gasteiger partial charge is 0.497 e. The number of nitrogens with one attached hydrogen (secondary N) is 2. The molecule has 0 radical (unpaired) electrons. The third kappa shape index (κ3) is 7.16. The fourth-order valence-corrected chi connectivity index (χ4v) is 2.89. The lowest BCUT2D eigenvalue weighted by molar-refractivity contribution is -0.384. The topological polar surface area (TPSA) is 144 Å². The van der Waals surface area contributed by atoms with E-state index in [4.69, 9.17) is 9.47 Å². The van der Waals surface area contributed by atoms with Crippen molar-refractivity contribution in [2.24, 2.45) is 0 Å². The molecular formula is C25H20N4O6. The van der Waals surface area contributed by atoms with Crippen molar-refractivity contribution in [3.05, 3.63) is 94.0 Å². The van der Waals surface area contributed by atoms with Gasteiger partial charge >= 0.3 is 0 Å². The van der Waals surface area contributed by atoms with E-state index >= 15 is 0 Å². The lowest BCUT2D eigenvalue weighted by Crippen LogP contribution is -2.20. The molecule has 10 heteroatoms. The minimum absolute atomic E-state index is 0.182. The number of amides is 2. The lowest BCUT2D eigenvalue weighted by Gasteiger charge is -2.08. The minimum Gasteiger partial charge on any atom is -0.497 e. The number of carbonyl (C=O) groups is 2. The van der Waals surface area contributed by atoms with Crippen molar-refractivity contribution in [3.8, 4) is 17.6 Å². The predicted octanol–water partition coefficient (Wildman–Crippen LogP) is 4.17. The van der Waals surface area contributed by atoms with Crippen molar-refractivity contribution >= 4 is 35.0 Å². The number of rotatable bonds is 9. The summed E-state index contributed by atoms with van der Waals surface area (Å²) >= 11 is 0. The molecule has 0 aliphatic carbocycles. The second-order valence-corrected chi connectivity index (χ2v) is 7.07. The molecule has 0 bridgehead atoms. The summed E-state index contributed by atoms with van der Waals surface area (Å²) in [7, 11) is 1.55. The molecule has 0 saturated heterocycles. The Morgan fingerprint density at radius 3 is 2.31 bits per heavy atom. The van der Waals surface area contributed by atoms with Crippen LogP contribution in [0.15, 0.2) is 78.4 Å². The number of ether oxygens (including phenoxy) is 2. The van der Waals surface area contributed by atoms with Crippen LogP contribution in [0.1, 0.15) is 5.56 Å². The van der Waals surface area contributed by atoms with Crippen LogP contribution in [0.2, 0.25) is 0 Å². The van der Waals surface area contributed by atoms with Crippen LogP contribution >= 0.6 is 0 Å². The Morgan fingerprint density at radius 2 is 1.69 bits per heavy atom. The van der Waals surface area contributed by atoms with E-state index in [0.29, 0.717) is 22.7 Å². The van der Waals surface area contributed by atoms with Crippen LogP contribution in [0.3, 0.4) is 0 Å². The Balaban J connectivity index is 1.57. The normalized spacial score (nSPS) is 10.6. The highest BCUT2D eigenvalue weighted by atomic mass is 16.6. The number of hydrogen-bond donors (Lipinski definition) is 2. The van der Waals surface area contributed by atoms with E-state index in [1.807, 2.05) is 6.07 Å². The highest BCUT2D eigenvalue weighted by molar-refractivity contribution is 6.09. The molecule has 10 nitrogen and oxygen atoms in total. The van der Waals surface area contributed by atoms with Crippen molar-refractivity contribution in [2.75, 3.05) is 24.4 Å². The van der Waals surface area contributed by atoms with Crippen molar-refractivity contribution in [1.82, 2.24) is 0 Å². The SMILES string of the molecule is COc1ccc(NC(=O)COc2ccc(C=C(C#N)C(=O)Nc3cccc([N+](=O)[O-])c3)cc2)cc1. The van der Waals surface area contributed by atoms with Gasteiger partial charge in [-0.25, -0.2) is 0 Å². The highest BCUT2D eigenvalue weighted by Gasteiger charge is 2.12. The number of nitro groups is 1. The second kappa shape index (κ2) is 11.6. The summed E-state index contributed by atoms with van der Waals surface area (Å²) in [4.78, 5) is 34.8. The van der Waals surface area contributed by atoms with Crippen LogP contribution in [0.4, 0.5) is 17.1 Å². The molecule has 0 aliphatic heterocycles. The van der Waals surface area contributed by atoms with E-state index in [9.17, 15) is 25.0 Å². The van der Waals surface area contributed by atoms with Gasteiger partial charge in [-0.2, -0.15) is 5.26 Å². The number of methoxy groups -OCH3 is 1. The number of carbonyl (C=O) groups excluding carboxylic acids is 2. The summed E-state index contributed by atoms with van der Waals surface area (Å²) in [5.41, 5.74) is 0.975. The van der Waals surface area contributed by atoms with Crippen LogP contribution in [0.5, 0.6) is 11.5 Å². The molecule has 2 N–H and O–H groups in total. The number of nitriles is 1. The highest BCUT2D eigenvalue weighted by Crippen LogP contribution is 2.19. The fraction of sp³-hybridized carbons (Fsp3) is 0.0800. The molecule has 3 rings (SSSR count). The Morgan fingerprint density at radius 1 is 1.00 bits per heavy atom. The molecule has 0 heterocycles. The van der Waals surface area contributed by atoms with Gasteiger partial charge in [0.2, 0.25) is 0 Å². The van der Waals surface area contributed by atoms with Gasteiger partial charge in [0.25, 0.3) is 17.5 Å². The molecule has 0 unspecified atom stereocenters. The zero-order chi connectivity index (χ0) is 25.2. The van der Waals surface area contributed by atoms with E-state index in [1.165, 1.54) is 30.3 Å². The van der Waals surface area contributed by atoms with Crippen molar-refractivity contribution in [3.63, 3.8) is 0 Å². The van der Waals surface area contributed by atoms with E-state index in [0.717, 1.165) is 0 Å². The molecule has 2 amide bonds. The monoisotopic (exact) mass is 472 g/mol. The Kier molecular flexibility index (Phi) is 8.13. The maximum absolute atomic E-state index is 12.4. The molecule has 0 fully saturated rings. The summed E-state index contributed by atoms with van der Waals surface area (Å²) in [5, 5.41) is 25.4. The Hall–Kier alpha value is -5.17. The van der Waals surface area contributed by atoms with Crippen molar-refractivity contribution in [1.29, 1.82) is 5.26 Å². The molecule has 3 aromatic carbocycles. The van der Waals surface area contributed by atoms with Gasteiger partial charge in [0.15, 0.2) is 6.61 Å². The third-order valence-electron chi connectivity index (χ3n) is 4.61. The Labute approximate surface area is 200 Å². The molecular weight excluding hydrogens is 452 g/mol. The molecule has 0 aromatic heterocycles. The zero-order valence-electron chi connectivity index (χ0n) is 18.6. The average molecular weight is 472 g/mol. The maximum atomic E-state index is 12.4. The van der Waals surface area contributed by atoms with Gasteiger partial charge in [0, 0.05) is 23.5 Å². The van der Waals surface area contributed by atoms with Gasteiger partial charge in [-0.1, -0.05) is 18.2 Å². The van der Waals surface area contributed by atoms with Gasteiger partial charge in [0.05, 0.1) is 12.0 Å². The van der Waals surface area contributed by atoms with Crippen LogP contribution in [0.25, 0.3) is 6.08 Å². The van der Waals surface area contributed by atoms with E-state index in [1.54, 1.807) is 55.6 Å². The van der Waals surface area contributed by atoms with Gasteiger partial charge in [0.1, 0.15) is 23.1 Å². The molecule has 0 saturated carbocycles. The zero-order valence-corrected chi connectivity index (χ0v) is 18.6. The molecule has 0 atom stereocenters. The molecule has 0 spiro atoms. The van der Waals surface area contributed by atoms with Crippen LogP contribution < -0.4 is 20.1 Å². The molecule has 35 heavy (non-hydrogen) atoms. The predicted molar refractivity (Wildman–Crippen MR) is 129 cm³/mol. The van der Waals surface area contributed by atoms with E-state index < -0.39 is 10.8 Å².